The molecule has 1 fully saturated rings. The highest BCUT2D eigenvalue weighted by molar-refractivity contribution is 5.29. The lowest BCUT2D eigenvalue weighted by molar-refractivity contribution is 0.930. The number of hydrogen-bond acceptors (Lipinski definition) is 3. The van der Waals surface area contributed by atoms with E-state index in [-0.39, 0.29) is 0 Å². The van der Waals surface area contributed by atoms with Crippen LogP contribution in [0.15, 0.2) is 24.3 Å². The topological polar surface area (TPSA) is 67.6 Å². The minimum Gasteiger partial charge on any atom is -0.326 e. The van der Waals surface area contributed by atoms with E-state index in [4.69, 9.17) is 5.73 Å². The molecule has 0 unspecified atom stereocenters. The number of benzene rings is 1. The fourth-order valence-electron chi connectivity index (χ4n) is 2.02. The molecule has 3 N–H and O–H groups in total. The summed E-state index contributed by atoms with van der Waals surface area (Å²) in [6.45, 7) is 0.569. The lowest BCUT2D eigenvalue weighted by atomic mass is 10.0. The van der Waals surface area contributed by atoms with Crippen molar-refractivity contribution in [2.24, 2.45) is 5.73 Å². The van der Waals surface area contributed by atoms with E-state index in [0.29, 0.717) is 12.5 Å². The first kappa shape index (κ1) is 10.5. The van der Waals surface area contributed by atoms with Gasteiger partial charge in [-0.2, -0.15) is 5.10 Å². The molecule has 2 aromatic rings. The number of nitrogens with zero attached hydrogens (tertiary/aromatic N) is 2. The van der Waals surface area contributed by atoms with Gasteiger partial charge in [-0.1, -0.05) is 24.3 Å². The molecule has 1 saturated carbocycles. The van der Waals surface area contributed by atoms with Crippen molar-refractivity contribution in [3.05, 3.63) is 47.0 Å². The van der Waals surface area contributed by atoms with Gasteiger partial charge in [0, 0.05) is 18.9 Å². The molecule has 1 aliphatic carbocycles. The smallest absolute Gasteiger partial charge is 0.153 e. The van der Waals surface area contributed by atoms with Crippen LogP contribution in [0.5, 0.6) is 0 Å². The van der Waals surface area contributed by atoms with Crippen LogP contribution in [-0.2, 0) is 13.0 Å². The van der Waals surface area contributed by atoms with Gasteiger partial charge in [0.15, 0.2) is 5.82 Å². The third kappa shape index (κ3) is 2.22. The first-order valence-corrected chi connectivity index (χ1v) is 6.05. The molecule has 17 heavy (non-hydrogen) atoms. The van der Waals surface area contributed by atoms with E-state index in [1.165, 1.54) is 24.0 Å². The van der Waals surface area contributed by atoms with Crippen molar-refractivity contribution in [3.8, 4) is 0 Å². The zero-order valence-corrected chi connectivity index (χ0v) is 9.69. The fourth-order valence-corrected chi connectivity index (χ4v) is 2.02. The number of nitrogens with two attached hydrogens (primary N) is 1. The van der Waals surface area contributed by atoms with Crippen molar-refractivity contribution in [2.75, 3.05) is 0 Å². The SMILES string of the molecule is NCc1ccccc1Cc1nc(C2CC2)n[nH]1. The zero-order valence-electron chi connectivity index (χ0n) is 9.69. The molecule has 1 heterocycles. The molecule has 0 aliphatic heterocycles. The Kier molecular flexibility index (Phi) is 2.65. The lowest BCUT2D eigenvalue weighted by Crippen LogP contribution is -2.02. The van der Waals surface area contributed by atoms with Gasteiger partial charge in [0.25, 0.3) is 0 Å². The first-order chi connectivity index (χ1) is 8.36. The molecule has 4 heteroatoms. The van der Waals surface area contributed by atoms with Crippen LogP contribution in [0.1, 0.15) is 41.5 Å². The largest absolute Gasteiger partial charge is 0.326 e. The average molecular weight is 228 g/mol. The third-order valence-corrected chi connectivity index (χ3v) is 3.19. The van der Waals surface area contributed by atoms with Crippen LogP contribution in [0.4, 0.5) is 0 Å². The molecular formula is C13H16N4. The van der Waals surface area contributed by atoms with Gasteiger partial charge in [-0.15, -0.1) is 0 Å². The third-order valence-electron chi connectivity index (χ3n) is 3.19. The first-order valence-electron chi connectivity index (χ1n) is 6.05. The molecule has 0 atom stereocenters. The Labute approximate surface area is 100 Å². The van der Waals surface area contributed by atoms with E-state index in [1.807, 2.05) is 12.1 Å². The van der Waals surface area contributed by atoms with Crippen molar-refractivity contribution in [1.29, 1.82) is 0 Å². The summed E-state index contributed by atoms with van der Waals surface area (Å²) in [5.41, 5.74) is 8.13. The second-order valence-corrected chi connectivity index (χ2v) is 4.56. The number of nitrogens with one attached hydrogen (secondary N) is 1. The summed E-state index contributed by atoms with van der Waals surface area (Å²) in [5.74, 6) is 2.52. The fraction of sp³-hybridized carbons (Fsp3) is 0.385. The molecular weight excluding hydrogens is 212 g/mol. The monoisotopic (exact) mass is 228 g/mol. The van der Waals surface area contributed by atoms with Crippen LogP contribution in [0, 0.1) is 0 Å². The van der Waals surface area contributed by atoms with Crippen molar-refractivity contribution in [2.45, 2.75) is 31.7 Å². The predicted molar refractivity (Wildman–Crippen MR) is 65.5 cm³/mol. The minimum absolute atomic E-state index is 0.569. The van der Waals surface area contributed by atoms with Gasteiger partial charge in [-0.05, 0) is 24.0 Å². The molecule has 0 spiro atoms. The van der Waals surface area contributed by atoms with Crippen molar-refractivity contribution >= 4 is 0 Å². The summed E-state index contributed by atoms with van der Waals surface area (Å²) in [7, 11) is 0. The van der Waals surface area contributed by atoms with Crippen LogP contribution in [0.2, 0.25) is 0 Å². The van der Waals surface area contributed by atoms with E-state index < -0.39 is 0 Å². The average Bonchev–Trinajstić information content (AvgIpc) is 3.11. The maximum Gasteiger partial charge on any atom is 0.153 e. The number of rotatable bonds is 4. The van der Waals surface area contributed by atoms with Crippen molar-refractivity contribution < 1.29 is 0 Å². The van der Waals surface area contributed by atoms with Gasteiger partial charge >= 0.3 is 0 Å². The number of H-pyrrole nitrogens is 1. The summed E-state index contributed by atoms with van der Waals surface area (Å²) in [6.07, 6.45) is 3.25. The number of aromatic nitrogens is 3. The zero-order chi connectivity index (χ0) is 11.7. The molecule has 3 rings (SSSR count). The molecule has 0 saturated heterocycles. The van der Waals surface area contributed by atoms with Gasteiger partial charge in [0.2, 0.25) is 0 Å². The van der Waals surface area contributed by atoms with Crippen LogP contribution < -0.4 is 5.73 Å². The molecule has 1 aromatic heterocycles. The molecule has 0 amide bonds. The van der Waals surface area contributed by atoms with E-state index in [9.17, 15) is 0 Å². The van der Waals surface area contributed by atoms with Crippen LogP contribution in [-0.4, -0.2) is 15.2 Å². The normalized spacial score (nSPS) is 15.1. The van der Waals surface area contributed by atoms with Crippen LogP contribution in [0.3, 0.4) is 0 Å². The van der Waals surface area contributed by atoms with Gasteiger partial charge in [0.1, 0.15) is 5.82 Å². The molecule has 88 valence electrons. The Bertz CT molecular complexity index is 514. The van der Waals surface area contributed by atoms with Gasteiger partial charge in [-0.25, -0.2) is 4.98 Å². The molecule has 1 aromatic carbocycles. The second kappa shape index (κ2) is 4.30. The Balaban J connectivity index is 1.80. The standard InChI is InChI=1S/C13H16N4/c14-8-11-4-2-1-3-10(11)7-12-15-13(17-16-12)9-5-6-9/h1-4,9H,5-8,14H2,(H,15,16,17). The highest BCUT2D eigenvalue weighted by Gasteiger charge is 2.27. The van der Waals surface area contributed by atoms with Crippen LogP contribution >= 0.6 is 0 Å². The van der Waals surface area contributed by atoms with Crippen molar-refractivity contribution in [3.63, 3.8) is 0 Å². The van der Waals surface area contributed by atoms with Crippen LogP contribution in [0.25, 0.3) is 0 Å². The Morgan fingerprint density at radius 3 is 2.71 bits per heavy atom. The maximum atomic E-state index is 5.72. The van der Waals surface area contributed by atoms with E-state index in [0.717, 1.165) is 18.1 Å². The van der Waals surface area contributed by atoms with Crippen molar-refractivity contribution in [1.82, 2.24) is 15.2 Å². The predicted octanol–water partition coefficient (Wildman–Crippen LogP) is 1.73. The molecule has 0 radical (unpaired) electrons. The Morgan fingerprint density at radius 1 is 1.24 bits per heavy atom. The van der Waals surface area contributed by atoms with Gasteiger partial charge < -0.3 is 5.73 Å². The van der Waals surface area contributed by atoms with E-state index in [1.54, 1.807) is 0 Å². The summed E-state index contributed by atoms with van der Waals surface area (Å²) < 4.78 is 0. The summed E-state index contributed by atoms with van der Waals surface area (Å²) in [4.78, 5) is 4.54. The highest BCUT2D eigenvalue weighted by atomic mass is 15.2. The summed E-state index contributed by atoms with van der Waals surface area (Å²) in [6, 6.07) is 8.21. The number of aromatic amines is 1. The Hall–Kier alpha value is -1.68. The summed E-state index contributed by atoms with van der Waals surface area (Å²) in [5, 5.41) is 7.29. The molecule has 0 bridgehead atoms. The second-order valence-electron chi connectivity index (χ2n) is 4.56. The van der Waals surface area contributed by atoms with E-state index in [2.05, 4.69) is 27.3 Å². The number of hydrogen-bond donors (Lipinski definition) is 2. The van der Waals surface area contributed by atoms with Gasteiger partial charge in [0.05, 0.1) is 0 Å². The lowest BCUT2D eigenvalue weighted by Gasteiger charge is -2.04. The molecule has 1 aliphatic rings. The highest BCUT2D eigenvalue weighted by Crippen LogP contribution is 2.37. The molecule has 4 nitrogen and oxygen atoms in total. The maximum absolute atomic E-state index is 5.72. The van der Waals surface area contributed by atoms with Gasteiger partial charge in [-0.3, -0.25) is 5.10 Å². The van der Waals surface area contributed by atoms with E-state index >= 15 is 0 Å². The Morgan fingerprint density at radius 2 is 2.00 bits per heavy atom. The quantitative estimate of drug-likeness (QED) is 0.837. The summed E-state index contributed by atoms with van der Waals surface area (Å²) >= 11 is 0. The minimum atomic E-state index is 0.569.